The fourth-order valence-electron chi connectivity index (χ4n) is 4.17. The van der Waals surface area contributed by atoms with Crippen molar-refractivity contribution in [2.24, 2.45) is 0 Å². The molecule has 0 aliphatic carbocycles. The van der Waals surface area contributed by atoms with Gasteiger partial charge in [-0.2, -0.15) is 12.1 Å². The minimum absolute atomic E-state index is 0. The molecule has 0 amide bonds. The monoisotopic (exact) mass is 678 g/mol. The van der Waals surface area contributed by atoms with Crippen LogP contribution in [0.2, 0.25) is 0 Å². The van der Waals surface area contributed by atoms with E-state index in [0.717, 1.165) is 0 Å². The molecule has 172 valence electrons. The molecule has 0 saturated carbocycles. The number of benzene rings is 4. The first-order valence-corrected chi connectivity index (χ1v) is 12.3. The van der Waals surface area contributed by atoms with Crippen LogP contribution in [-0.2, 0) is 25.8 Å². The van der Waals surface area contributed by atoms with Gasteiger partial charge in [-0.25, -0.2) is 0 Å². The van der Waals surface area contributed by atoms with E-state index < -0.39 is 7.92 Å². The normalized spacial score (nSPS) is 10.0. The summed E-state index contributed by atoms with van der Waals surface area (Å²) < 4.78 is 0. The van der Waals surface area contributed by atoms with Gasteiger partial charge in [0, 0.05) is 0 Å². The van der Waals surface area contributed by atoms with Crippen LogP contribution in [0.4, 0.5) is 0 Å². The molecule has 0 fully saturated rings. The SMILES string of the molecule is Cc1cc2ccccc2[cH-]1.[Cl-].[Cl-].[Hf+4].c1ccc(P(c2ccccc2)c2cc3ccccc3[cH-]2)cc1. The van der Waals surface area contributed by atoms with E-state index in [4.69, 9.17) is 0 Å². The van der Waals surface area contributed by atoms with Gasteiger partial charge in [0.1, 0.15) is 0 Å². The number of hydrogen-bond donors (Lipinski definition) is 0. The van der Waals surface area contributed by atoms with Crippen LogP contribution < -0.4 is 40.7 Å². The molecule has 4 heteroatoms. The van der Waals surface area contributed by atoms with E-state index in [-0.39, 0.29) is 50.7 Å². The summed E-state index contributed by atoms with van der Waals surface area (Å²) in [7, 11) is -0.493. The average molecular weight is 678 g/mol. The van der Waals surface area contributed by atoms with Gasteiger partial charge >= 0.3 is 25.8 Å². The molecule has 0 N–H and O–H groups in total. The Kier molecular flexibility index (Phi) is 11.6. The first-order chi connectivity index (χ1) is 15.8. The van der Waals surface area contributed by atoms with Crippen molar-refractivity contribution in [3.05, 3.63) is 139 Å². The van der Waals surface area contributed by atoms with Crippen LogP contribution in [0.5, 0.6) is 0 Å². The van der Waals surface area contributed by atoms with Crippen LogP contribution in [-0.4, -0.2) is 0 Å². The number of aryl methyl sites for hydroxylation is 1. The van der Waals surface area contributed by atoms with Gasteiger partial charge in [0.25, 0.3) is 0 Å². The molecule has 0 aromatic heterocycles. The summed E-state index contributed by atoms with van der Waals surface area (Å²) in [5.41, 5.74) is 1.35. The van der Waals surface area contributed by atoms with E-state index in [2.05, 4.69) is 140 Å². The van der Waals surface area contributed by atoms with Crippen LogP contribution in [0, 0.1) is 6.92 Å². The number of rotatable bonds is 3. The average Bonchev–Trinajstić information content (AvgIpc) is 3.43. The Bertz CT molecular complexity index is 1330. The summed E-state index contributed by atoms with van der Waals surface area (Å²) >= 11 is 0. The minimum atomic E-state index is -0.493. The summed E-state index contributed by atoms with van der Waals surface area (Å²) in [6.45, 7) is 2.12. The first-order valence-electron chi connectivity index (χ1n) is 11.0. The predicted molar refractivity (Wildman–Crippen MR) is 143 cm³/mol. The van der Waals surface area contributed by atoms with Gasteiger partial charge in [0.15, 0.2) is 0 Å². The zero-order chi connectivity index (χ0) is 21.8. The summed E-state index contributed by atoms with van der Waals surface area (Å²) in [4.78, 5) is 0. The number of halogens is 2. The maximum Gasteiger partial charge on any atom is 4.00 e. The zero-order valence-corrected chi connectivity index (χ0v) is 25.4. The van der Waals surface area contributed by atoms with E-state index >= 15 is 0 Å². The molecular weight excluding hydrogens is 653 g/mol. The summed E-state index contributed by atoms with van der Waals surface area (Å²) in [5, 5.41) is 9.58. The van der Waals surface area contributed by atoms with E-state index in [9.17, 15) is 0 Å². The van der Waals surface area contributed by atoms with E-state index in [1.54, 1.807) is 0 Å². The Balaban J connectivity index is 0.000000284. The first kappa shape index (κ1) is 29.2. The summed E-state index contributed by atoms with van der Waals surface area (Å²) in [6.07, 6.45) is 0. The molecule has 0 heterocycles. The molecule has 0 nitrogen and oxygen atoms in total. The van der Waals surface area contributed by atoms with Gasteiger partial charge in [-0.05, 0) is 18.5 Å². The largest absolute Gasteiger partial charge is 4.00 e. The van der Waals surface area contributed by atoms with Gasteiger partial charge in [-0.15, -0.1) is 80.9 Å². The van der Waals surface area contributed by atoms with Crippen molar-refractivity contribution in [1.29, 1.82) is 0 Å². The minimum Gasteiger partial charge on any atom is -1.00 e. The predicted octanol–water partition coefficient (Wildman–Crippen LogP) is 1.19. The van der Waals surface area contributed by atoms with Gasteiger partial charge in [-0.3, -0.25) is 0 Å². The molecule has 0 aliphatic heterocycles. The van der Waals surface area contributed by atoms with Crippen LogP contribution >= 0.6 is 7.92 Å². The third kappa shape index (κ3) is 7.02. The Labute approximate surface area is 240 Å². The Hall–Kier alpha value is -2.02. The van der Waals surface area contributed by atoms with Crippen molar-refractivity contribution in [3.8, 4) is 0 Å². The molecule has 6 aromatic carbocycles. The molecule has 0 aliphatic rings. The Morgan fingerprint density at radius 2 is 0.943 bits per heavy atom. The second kappa shape index (κ2) is 13.9. The molecule has 0 radical (unpaired) electrons. The fourth-order valence-corrected chi connectivity index (χ4v) is 6.54. The fraction of sp³-hybridized carbons (Fsp3) is 0.0323. The second-order valence-electron chi connectivity index (χ2n) is 8.01. The van der Waals surface area contributed by atoms with Crippen molar-refractivity contribution in [1.82, 2.24) is 0 Å². The molecule has 0 saturated heterocycles. The number of hydrogen-bond acceptors (Lipinski definition) is 0. The van der Waals surface area contributed by atoms with Gasteiger partial charge in [-0.1, -0.05) is 79.7 Å². The molecule has 6 aromatic rings. The van der Waals surface area contributed by atoms with Crippen LogP contribution in [0.1, 0.15) is 5.56 Å². The third-order valence-corrected chi connectivity index (χ3v) is 8.06. The van der Waals surface area contributed by atoms with E-state index in [1.165, 1.54) is 43.0 Å². The van der Waals surface area contributed by atoms with Gasteiger partial charge in [0.2, 0.25) is 0 Å². The van der Waals surface area contributed by atoms with Crippen LogP contribution in [0.15, 0.2) is 133 Å². The zero-order valence-electron chi connectivity index (χ0n) is 19.4. The van der Waals surface area contributed by atoms with Crippen LogP contribution in [0.3, 0.4) is 0 Å². The quantitative estimate of drug-likeness (QED) is 0.150. The molecular formula is C31H25Cl2HfP. The number of fused-ring (bicyclic) bond motifs is 2. The van der Waals surface area contributed by atoms with Crippen molar-refractivity contribution in [2.75, 3.05) is 0 Å². The van der Waals surface area contributed by atoms with Crippen LogP contribution in [0.25, 0.3) is 21.5 Å². The van der Waals surface area contributed by atoms with Gasteiger partial charge in [0.05, 0.1) is 0 Å². The standard InChI is InChI=1S/C21H16P.C10H9.2ClH.Hf/c1-3-11-19(12-4-1)22(20-13-5-2-6-14-20)21-15-17-9-7-8-10-18(17)16-21;1-8-6-9-4-2-3-5-10(9)7-8;;;/h1-16H;2-7H,1H3;2*1H;/q2*-1;;;+4/p-2. The van der Waals surface area contributed by atoms with Crippen molar-refractivity contribution >= 4 is 45.4 Å². The molecule has 0 atom stereocenters. The third-order valence-electron chi connectivity index (χ3n) is 5.65. The van der Waals surface area contributed by atoms with Crippen molar-refractivity contribution in [3.63, 3.8) is 0 Å². The summed E-state index contributed by atoms with van der Waals surface area (Å²) in [5.74, 6) is 0. The molecule has 35 heavy (non-hydrogen) atoms. The molecule has 6 rings (SSSR count). The van der Waals surface area contributed by atoms with Crippen molar-refractivity contribution < 1.29 is 50.7 Å². The molecule has 0 unspecified atom stereocenters. The molecule has 0 bridgehead atoms. The Morgan fingerprint density at radius 1 is 0.514 bits per heavy atom. The Morgan fingerprint density at radius 3 is 1.43 bits per heavy atom. The summed E-state index contributed by atoms with van der Waals surface area (Å²) in [6, 6.07) is 47.8. The smallest absolute Gasteiger partial charge is 1.00 e. The van der Waals surface area contributed by atoms with Crippen molar-refractivity contribution in [2.45, 2.75) is 6.92 Å². The van der Waals surface area contributed by atoms with E-state index in [1.807, 2.05) is 0 Å². The topological polar surface area (TPSA) is 0 Å². The second-order valence-corrected chi connectivity index (χ2v) is 10.2. The maximum atomic E-state index is 2.35. The maximum absolute atomic E-state index is 2.35. The van der Waals surface area contributed by atoms with E-state index in [0.29, 0.717) is 0 Å². The van der Waals surface area contributed by atoms with Gasteiger partial charge < -0.3 is 24.8 Å². The molecule has 0 spiro atoms.